The molecule has 1 aromatic heterocycles. The molecule has 5 heteroatoms. The molecule has 0 radical (unpaired) electrons. The van der Waals surface area contributed by atoms with E-state index in [9.17, 15) is 0 Å². The van der Waals surface area contributed by atoms with Crippen molar-refractivity contribution in [2.24, 2.45) is 0 Å². The maximum absolute atomic E-state index is 6.15. The zero-order chi connectivity index (χ0) is 14.2. The van der Waals surface area contributed by atoms with E-state index in [4.69, 9.17) is 11.6 Å². The van der Waals surface area contributed by atoms with Crippen molar-refractivity contribution in [1.29, 1.82) is 0 Å². The van der Waals surface area contributed by atoms with Gasteiger partial charge in [-0.15, -0.1) is 0 Å². The molecule has 2 aliphatic rings. The molecule has 0 aliphatic carbocycles. The minimum absolute atomic E-state index is 0.561. The number of hydrogen-bond donors (Lipinski definition) is 1. The first-order chi connectivity index (χ1) is 10.3. The number of piperazine rings is 1. The van der Waals surface area contributed by atoms with E-state index in [-0.39, 0.29) is 0 Å². The van der Waals surface area contributed by atoms with E-state index in [0.29, 0.717) is 5.15 Å². The molecule has 1 fully saturated rings. The first-order valence-corrected chi connectivity index (χ1v) is 7.67. The first-order valence-electron chi connectivity index (χ1n) is 7.29. The lowest BCUT2D eigenvalue weighted by atomic mass is 10.1. The molecule has 21 heavy (non-hydrogen) atoms. The van der Waals surface area contributed by atoms with Crippen molar-refractivity contribution in [3.8, 4) is 0 Å². The number of imidazole rings is 1. The van der Waals surface area contributed by atoms with Gasteiger partial charge in [-0.25, -0.2) is 4.98 Å². The standard InChI is InChI=1S/C16H17ClN4/c17-15-11-21-10-13-4-2-1-3-12(13)9-14(16(21)19-15)20-7-5-18-6-8-20/h1-4,9,11,18H,5-8,10H2. The topological polar surface area (TPSA) is 33.1 Å². The van der Waals surface area contributed by atoms with Crippen LogP contribution in [0.1, 0.15) is 17.0 Å². The molecule has 0 atom stereocenters. The highest BCUT2D eigenvalue weighted by Gasteiger charge is 2.22. The second-order valence-corrected chi connectivity index (χ2v) is 5.87. The van der Waals surface area contributed by atoms with Crippen LogP contribution < -0.4 is 5.32 Å². The fourth-order valence-electron chi connectivity index (χ4n) is 3.06. The zero-order valence-corrected chi connectivity index (χ0v) is 12.5. The predicted octanol–water partition coefficient (Wildman–Crippen LogP) is 2.30. The van der Waals surface area contributed by atoms with Crippen LogP contribution in [0.15, 0.2) is 30.5 Å². The average molecular weight is 301 g/mol. The fourth-order valence-corrected chi connectivity index (χ4v) is 3.26. The summed E-state index contributed by atoms with van der Waals surface area (Å²) in [4.78, 5) is 6.95. The molecule has 1 aromatic carbocycles. The summed E-state index contributed by atoms with van der Waals surface area (Å²) >= 11 is 6.15. The number of fused-ring (bicyclic) bond motifs is 2. The largest absolute Gasteiger partial charge is 0.366 e. The highest BCUT2D eigenvalue weighted by atomic mass is 35.5. The minimum Gasteiger partial charge on any atom is -0.366 e. The maximum atomic E-state index is 6.15. The summed E-state index contributed by atoms with van der Waals surface area (Å²) in [7, 11) is 0. The Kier molecular flexibility index (Phi) is 3.20. The number of halogens is 1. The van der Waals surface area contributed by atoms with Crippen LogP contribution in [0.25, 0.3) is 11.8 Å². The van der Waals surface area contributed by atoms with Crippen LogP contribution in [0.4, 0.5) is 0 Å². The van der Waals surface area contributed by atoms with Crippen LogP contribution in [-0.4, -0.2) is 40.6 Å². The molecule has 0 bridgehead atoms. The molecule has 1 N–H and O–H groups in total. The van der Waals surface area contributed by atoms with Gasteiger partial charge in [0.1, 0.15) is 5.15 Å². The van der Waals surface area contributed by atoms with Gasteiger partial charge in [-0.3, -0.25) is 0 Å². The van der Waals surface area contributed by atoms with E-state index in [0.717, 1.165) is 38.5 Å². The Morgan fingerprint density at radius 2 is 1.95 bits per heavy atom. The van der Waals surface area contributed by atoms with Gasteiger partial charge in [-0.05, 0) is 17.2 Å². The monoisotopic (exact) mass is 300 g/mol. The van der Waals surface area contributed by atoms with Crippen LogP contribution in [0.5, 0.6) is 0 Å². The smallest absolute Gasteiger partial charge is 0.158 e. The fraction of sp³-hybridized carbons (Fsp3) is 0.312. The quantitative estimate of drug-likeness (QED) is 0.877. The highest BCUT2D eigenvalue weighted by molar-refractivity contribution is 6.29. The normalized spacial score (nSPS) is 17.8. The molecule has 1 saturated heterocycles. The third-order valence-electron chi connectivity index (χ3n) is 4.12. The molecule has 0 saturated carbocycles. The molecular formula is C16H17ClN4. The van der Waals surface area contributed by atoms with Crippen LogP contribution in [0.2, 0.25) is 5.15 Å². The number of aromatic nitrogens is 2. The Morgan fingerprint density at radius 3 is 2.81 bits per heavy atom. The van der Waals surface area contributed by atoms with Gasteiger partial charge < -0.3 is 14.8 Å². The maximum Gasteiger partial charge on any atom is 0.158 e. The van der Waals surface area contributed by atoms with Gasteiger partial charge in [0.05, 0.1) is 5.70 Å². The van der Waals surface area contributed by atoms with Crippen molar-refractivity contribution in [3.05, 3.63) is 52.6 Å². The van der Waals surface area contributed by atoms with Crippen molar-refractivity contribution >= 4 is 23.4 Å². The molecule has 0 spiro atoms. The zero-order valence-electron chi connectivity index (χ0n) is 11.7. The third kappa shape index (κ3) is 2.34. The molecule has 108 valence electrons. The van der Waals surface area contributed by atoms with E-state index < -0.39 is 0 Å². The van der Waals surface area contributed by atoms with Gasteiger partial charge >= 0.3 is 0 Å². The lowest BCUT2D eigenvalue weighted by Crippen LogP contribution is -2.42. The molecule has 4 nitrogen and oxygen atoms in total. The van der Waals surface area contributed by atoms with E-state index >= 15 is 0 Å². The summed E-state index contributed by atoms with van der Waals surface area (Å²) < 4.78 is 2.15. The second kappa shape index (κ2) is 5.20. The summed E-state index contributed by atoms with van der Waals surface area (Å²) in [6, 6.07) is 8.52. The van der Waals surface area contributed by atoms with E-state index in [1.807, 2.05) is 6.20 Å². The van der Waals surface area contributed by atoms with Gasteiger partial charge in [-0.2, -0.15) is 0 Å². The first kappa shape index (κ1) is 12.9. The van der Waals surface area contributed by atoms with Crippen LogP contribution in [0, 0.1) is 0 Å². The Hall–Kier alpha value is -1.78. The second-order valence-electron chi connectivity index (χ2n) is 5.48. The summed E-state index contributed by atoms with van der Waals surface area (Å²) in [5.74, 6) is 0.970. The number of nitrogens with zero attached hydrogens (tertiary/aromatic N) is 3. The molecule has 0 unspecified atom stereocenters. The molecule has 3 heterocycles. The third-order valence-corrected chi connectivity index (χ3v) is 4.30. The molecular weight excluding hydrogens is 284 g/mol. The van der Waals surface area contributed by atoms with Gasteiger partial charge in [0.25, 0.3) is 0 Å². The molecule has 0 amide bonds. The summed E-state index contributed by atoms with van der Waals surface area (Å²) in [6.07, 6.45) is 4.18. The SMILES string of the molecule is Clc1cn2c(n1)C(N1CCNCC1)=Cc1ccccc1C2. The molecule has 4 rings (SSSR count). The average Bonchev–Trinajstić information content (AvgIpc) is 2.80. The summed E-state index contributed by atoms with van der Waals surface area (Å²) in [5.41, 5.74) is 3.75. The van der Waals surface area contributed by atoms with E-state index in [1.165, 1.54) is 16.8 Å². The summed E-state index contributed by atoms with van der Waals surface area (Å²) in [5, 5.41) is 3.96. The lowest BCUT2D eigenvalue weighted by Gasteiger charge is -2.31. The van der Waals surface area contributed by atoms with Gasteiger partial charge in [0.15, 0.2) is 5.82 Å². The number of benzene rings is 1. The number of hydrogen-bond acceptors (Lipinski definition) is 3. The van der Waals surface area contributed by atoms with Crippen molar-refractivity contribution < 1.29 is 0 Å². The van der Waals surface area contributed by atoms with Gasteiger partial charge in [0, 0.05) is 38.9 Å². The number of rotatable bonds is 1. The van der Waals surface area contributed by atoms with Crippen molar-refractivity contribution in [2.75, 3.05) is 26.2 Å². The Balaban J connectivity index is 1.86. The minimum atomic E-state index is 0.561. The van der Waals surface area contributed by atoms with E-state index in [2.05, 4.69) is 50.1 Å². The Morgan fingerprint density at radius 1 is 1.14 bits per heavy atom. The van der Waals surface area contributed by atoms with E-state index in [1.54, 1.807) is 0 Å². The lowest BCUT2D eigenvalue weighted by molar-refractivity contribution is 0.339. The van der Waals surface area contributed by atoms with Crippen LogP contribution >= 0.6 is 11.6 Å². The van der Waals surface area contributed by atoms with Crippen LogP contribution in [0.3, 0.4) is 0 Å². The molecule has 2 aliphatic heterocycles. The van der Waals surface area contributed by atoms with Gasteiger partial charge in [0.2, 0.25) is 0 Å². The van der Waals surface area contributed by atoms with Crippen molar-refractivity contribution in [3.63, 3.8) is 0 Å². The number of nitrogens with one attached hydrogen (secondary N) is 1. The Labute approximate surface area is 129 Å². The Bertz CT molecular complexity index is 698. The summed E-state index contributed by atoms with van der Waals surface area (Å²) in [6.45, 7) is 4.83. The van der Waals surface area contributed by atoms with Crippen LogP contribution in [-0.2, 0) is 6.54 Å². The van der Waals surface area contributed by atoms with Gasteiger partial charge in [-0.1, -0.05) is 35.9 Å². The molecule has 2 aromatic rings. The van der Waals surface area contributed by atoms with Crippen molar-refractivity contribution in [2.45, 2.75) is 6.54 Å². The van der Waals surface area contributed by atoms with Crippen molar-refractivity contribution in [1.82, 2.24) is 19.8 Å². The predicted molar refractivity (Wildman–Crippen MR) is 85.1 cm³/mol. The highest BCUT2D eigenvalue weighted by Crippen LogP contribution is 2.29.